The number of aromatic hydroxyl groups is 1. The Morgan fingerprint density at radius 1 is 1.19 bits per heavy atom. The van der Waals surface area contributed by atoms with E-state index in [1.165, 1.54) is 0 Å². The zero-order valence-corrected chi connectivity index (χ0v) is 12.4. The van der Waals surface area contributed by atoms with Crippen molar-refractivity contribution in [2.24, 2.45) is 0 Å². The summed E-state index contributed by atoms with van der Waals surface area (Å²) in [6, 6.07) is 14.5. The molecule has 0 unspecified atom stereocenters. The minimum absolute atomic E-state index is 0.0836. The second-order valence-electron chi connectivity index (χ2n) is 4.69. The Hall–Kier alpha value is -2.40. The molecular weight excluding hydrogens is 284 g/mol. The van der Waals surface area contributed by atoms with E-state index in [-0.39, 0.29) is 23.2 Å². The molecule has 0 atom stereocenters. The van der Waals surface area contributed by atoms with Crippen LogP contribution in [0.15, 0.2) is 48.5 Å². The molecule has 0 aliphatic carbocycles. The van der Waals surface area contributed by atoms with Crippen LogP contribution in [0.2, 0.25) is 0 Å². The average Bonchev–Trinajstić information content (AvgIpc) is 2.43. The van der Waals surface area contributed by atoms with Gasteiger partial charge in [-0.2, -0.15) is 0 Å². The van der Waals surface area contributed by atoms with Crippen LogP contribution in [0.4, 0.5) is 5.69 Å². The fourth-order valence-corrected chi connectivity index (χ4v) is 2.08. The van der Waals surface area contributed by atoms with Crippen molar-refractivity contribution in [1.82, 2.24) is 5.32 Å². The molecule has 0 fully saturated rings. The maximum atomic E-state index is 11.9. The predicted molar refractivity (Wildman–Crippen MR) is 87.4 cm³/mol. The first kappa shape index (κ1) is 15.0. The summed E-state index contributed by atoms with van der Waals surface area (Å²) in [5.74, 6) is -0.119. The van der Waals surface area contributed by atoms with Gasteiger partial charge in [-0.1, -0.05) is 36.4 Å². The molecule has 0 spiro atoms. The third-order valence-electron chi connectivity index (χ3n) is 2.86. The Labute approximate surface area is 128 Å². The van der Waals surface area contributed by atoms with E-state index >= 15 is 0 Å². The zero-order valence-electron chi connectivity index (χ0n) is 11.6. The second kappa shape index (κ2) is 6.85. The smallest absolute Gasteiger partial charge is 0.230 e. The van der Waals surface area contributed by atoms with Gasteiger partial charge in [-0.25, -0.2) is 0 Å². The van der Waals surface area contributed by atoms with E-state index < -0.39 is 0 Å². The first-order valence-corrected chi connectivity index (χ1v) is 6.90. The fourth-order valence-electron chi connectivity index (χ4n) is 1.86. The third kappa shape index (κ3) is 4.57. The molecule has 4 nitrogen and oxygen atoms in total. The largest absolute Gasteiger partial charge is 0.506 e. The summed E-state index contributed by atoms with van der Waals surface area (Å²) >= 11 is 5.08. The highest BCUT2D eigenvalue weighted by atomic mass is 32.1. The Bertz CT molecular complexity index is 657. The molecule has 0 aliphatic rings. The van der Waals surface area contributed by atoms with Crippen LogP contribution in [0.1, 0.15) is 11.1 Å². The minimum Gasteiger partial charge on any atom is -0.506 e. The molecule has 5 heteroatoms. The lowest BCUT2D eigenvalue weighted by Crippen LogP contribution is -2.35. The van der Waals surface area contributed by atoms with E-state index in [1.54, 1.807) is 18.2 Å². The topological polar surface area (TPSA) is 61.4 Å². The maximum Gasteiger partial charge on any atom is 0.230 e. The summed E-state index contributed by atoms with van der Waals surface area (Å²) in [5, 5.41) is 15.3. The van der Waals surface area contributed by atoms with Crippen LogP contribution in [0.3, 0.4) is 0 Å². The van der Waals surface area contributed by atoms with Crippen molar-refractivity contribution in [2.45, 2.75) is 13.3 Å². The van der Waals surface area contributed by atoms with E-state index in [4.69, 9.17) is 12.2 Å². The number of rotatable bonds is 3. The summed E-state index contributed by atoms with van der Waals surface area (Å²) in [5.41, 5.74) is 2.37. The van der Waals surface area contributed by atoms with Gasteiger partial charge in [-0.3, -0.25) is 4.79 Å². The van der Waals surface area contributed by atoms with Crippen molar-refractivity contribution in [2.75, 3.05) is 5.32 Å². The number of anilines is 1. The van der Waals surface area contributed by atoms with Crippen LogP contribution in [-0.2, 0) is 11.2 Å². The third-order valence-corrected chi connectivity index (χ3v) is 3.06. The number of carbonyl (C=O) groups excluding carboxylic acids is 1. The van der Waals surface area contributed by atoms with Crippen LogP contribution < -0.4 is 10.6 Å². The monoisotopic (exact) mass is 300 g/mol. The minimum atomic E-state index is -0.203. The number of hydrogen-bond acceptors (Lipinski definition) is 3. The Kier molecular flexibility index (Phi) is 4.90. The molecule has 0 saturated carbocycles. The molecule has 0 bridgehead atoms. The van der Waals surface area contributed by atoms with Crippen molar-refractivity contribution in [3.8, 4) is 5.75 Å². The van der Waals surface area contributed by atoms with Gasteiger partial charge < -0.3 is 15.7 Å². The van der Waals surface area contributed by atoms with Gasteiger partial charge in [-0.05, 0) is 42.4 Å². The van der Waals surface area contributed by atoms with Crippen LogP contribution in [0, 0.1) is 6.92 Å². The van der Waals surface area contributed by atoms with Gasteiger partial charge >= 0.3 is 0 Å². The van der Waals surface area contributed by atoms with E-state index in [0.29, 0.717) is 5.69 Å². The molecule has 0 aliphatic heterocycles. The molecule has 1 amide bonds. The lowest BCUT2D eigenvalue weighted by atomic mass is 10.1. The van der Waals surface area contributed by atoms with Crippen molar-refractivity contribution in [3.05, 3.63) is 59.7 Å². The van der Waals surface area contributed by atoms with Crippen molar-refractivity contribution in [3.63, 3.8) is 0 Å². The normalized spacial score (nSPS) is 9.95. The van der Waals surface area contributed by atoms with Gasteiger partial charge in [0.05, 0.1) is 12.1 Å². The number of nitrogens with one attached hydrogen (secondary N) is 2. The lowest BCUT2D eigenvalue weighted by molar-refractivity contribution is -0.119. The summed E-state index contributed by atoms with van der Waals surface area (Å²) in [6.45, 7) is 1.90. The number of amides is 1. The zero-order chi connectivity index (χ0) is 15.2. The highest BCUT2D eigenvalue weighted by Crippen LogP contribution is 2.23. The number of phenols is 1. The molecule has 2 rings (SSSR count). The molecule has 0 radical (unpaired) electrons. The number of aryl methyl sites for hydroxylation is 1. The molecular formula is C16H16N2O2S. The number of hydrogen-bond donors (Lipinski definition) is 3. The summed E-state index contributed by atoms with van der Waals surface area (Å²) < 4.78 is 0. The van der Waals surface area contributed by atoms with E-state index in [1.807, 2.05) is 37.3 Å². The first-order valence-electron chi connectivity index (χ1n) is 6.49. The number of benzene rings is 2. The molecule has 0 heterocycles. The Morgan fingerprint density at radius 3 is 2.62 bits per heavy atom. The van der Waals surface area contributed by atoms with E-state index in [0.717, 1.165) is 11.1 Å². The summed E-state index contributed by atoms with van der Waals surface area (Å²) in [6.07, 6.45) is 0.252. The number of carbonyl (C=O) groups is 1. The first-order chi connectivity index (χ1) is 10.0. The molecule has 108 valence electrons. The van der Waals surface area contributed by atoms with Gasteiger partial charge in [-0.15, -0.1) is 0 Å². The van der Waals surface area contributed by atoms with Crippen LogP contribution in [0.25, 0.3) is 0 Å². The molecule has 3 N–H and O–H groups in total. The molecule has 0 saturated heterocycles. The van der Waals surface area contributed by atoms with Crippen LogP contribution >= 0.6 is 12.2 Å². The van der Waals surface area contributed by atoms with E-state index in [2.05, 4.69) is 10.6 Å². The number of thiocarbonyl (C=S) groups is 1. The molecule has 2 aromatic carbocycles. The maximum absolute atomic E-state index is 11.9. The quantitative estimate of drug-likeness (QED) is 0.602. The Morgan fingerprint density at radius 2 is 1.90 bits per heavy atom. The van der Waals surface area contributed by atoms with Gasteiger partial charge in [0.15, 0.2) is 5.11 Å². The fraction of sp³-hybridized carbons (Fsp3) is 0.125. The van der Waals surface area contributed by atoms with Gasteiger partial charge in [0.25, 0.3) is 0 Å². The average molecular weight is 300 g/mol. The van der Waals surface area contributed by atoms with Crippen LogP contribution in [0.5, 0.6) is 5.75 Å². The highest BCUT2D eigenvalue weighted by Gasteiger charge is 2.08. The standard InChI is InChI=1S/C16H16N2O2S/c1-11-7-8-14(19)13(9-11)17-16(21)18-15(20)10-12-5-3-2-4-6-12/h2-9,19H,10H2,1H3,(H2,17,18,20,21). The summed E-state index contributed by atoms with van der Waals surface area (Å²) in [7, 11) is 0. The molecule has 0 aromatic heterocycles. The van der Waals surface area contributed by atoms with E-state index in [9.17, 15) is 9.90 Å². The number of phenolic OH excluding ortho intramolecular Hbond substituents is 1. The Balaban J connectivity index is 1.92. The second-order valence-corrected chi connectivity index (χ2v) is 5.09. The van der Waals surface area contributed by atoms with Gasteiger partial charge in [0.2, 0.25) is 5.91 Å². The predicted octanol–water partition coefficient (Wildman–Crippen LogP) is 2.76. The van der Waals surface area contributed by atoms with Crippen molar-refractivity contribution in [1.29, 1.82) is 0 Å². The van der Waals surface area contributed by atoms with Crippen molar-refractivity contribution < 1.29 is 9.90 Å². The molecule has 2 aromatic rings. The molecule has 21 heavy (non-hydrogen) atoms. The summed E-state index contributed by atoms with van der Waals surface area (Å²) in [4.78, 5) is 11.9. The van der Waals surface area contributed by atoms with Gasteiger partial charge in [0.1, 0.15) is 5.75 Å². The van der Waals surface area contributed by atoms with Crippen molar-refractivity contribution >= 4 is 28.9 Å². The SMILES string of the molecule is Cc1ccc(O)c(NC(=S)NC(=O)Cc2ccccc2)c1. The lowest BCUT2D eigenvalue weighted by Gasteiger charge is -2.11. The van der Waals surface area contributed by atoms with Gasteiger partial charge in [0, 0.05) is 0 Å². The van der Waals surface area contributed by atoms with Crippen LogP contribution in [-0.4, -0.2) is 16.1 Å². The highest BCUT2D eigenvalue weighted by molar-refractivity contribution is 7.80.